The number of ether oxygens (including phenoxy) is 1. The Labute approximate surface area is 191 Å². The molecule has 1 unspecified atom stereocenters. The Bertz CT molecular complexity index is 834. The van der Waals surface area contributed by atoms with Crippen molar-refractivity contribution in [2.24, 2.45) is 17.8 Å². The molecule has 5 atom stereocenters. The molecule has 182 valence electrons. The van der Waals surface area contributed by atoms with Crippen LogP contribution in [0, 0.1) is 17.8 Å². The molecule has 8 heteroatoms. The molecule has 1 aromatic rings. The van der Waals surface area contributed by atoms with Crippen LogP contribution in [0.4, 0.5) is 13.2 Å². The number of unbranched alkanes of at least 4 members (excludes halogenated alkanes) is 1. The topological polar surface area (TPSA) is 87.0 Å². The number of carboxylic acids is 1. The van der Waals surface area contributed by atoms with E-state index in [-0.39, 0.29) is 36.5 Å². The molecular formula is C25H31F3O5. The van der Waals surface area contributed by atoms with Crippen LogP contribution < -0.4 is 4.74 Å². The standard InChI is InChI=1S/C25H31F3O5/c1-2-17-14-23(30)22(10-5-3-4-6-11-24(31)32)21(17)13-12-19(29)16-33-20-9-7-8-18(15-20)25(26,27)28/h2-3,5,7-9,12-13,15,17,19,21-23,29-30H,1,4,6,10-11,14,16H2,(H,31,32)/b5-3-,13-12+/t17?,19-,21+,22-,23+/m1/s1. The second-order valence-electron chi connectivity index (χ2n) is 8.23. The fourth-order valence-electron chi connectivity index (χ4n) is 4.04. The number of carbonyl (C=O) groups is 1. The molecule has 2 rings (SSSR count). The lowest BCUT2D eigenvalue weighted by Crippen LogP contribution is -2.20. The molecule has 0 radical (unpaired) electrons. The predicted octanol–water partition coefficient (Wildman–Crippen LogP) is 5.00. The molecule has 5 nitrogen and oxygen atoms in total. The summed E-state index contributed by atoms with van der Waals surface area (Å²) in [5, 5.41) is 29.4. The molecule has 1 saturated carbocycles. The number of hydrogen-bond acceptors (Lipinski definition) is 4. The maximum absolute atomic E-state index is 12.8. The van der Waals surface area contributed by atoms with E-state index in [0.717, 1.165) is 12.1 Å². The van der Waals surface area contributed by atoms with E-state index < -0.39 is 29.9 Å². The molecule has 0 aliphatic heterocycles. The maximum Gasteiger partial charge on any atom is 0.416 e. The van der Waals surface area contributed by atoms with Crippen molar-refractivity contribution in [3.63, 3.8) is 0 Å². The summed E-state index contributed by atoms with van der Waals surface area (Å²) in [6.45, 7) is 3.62. The molecule has 0 aromatic heterocycles. The Morgan fingerprint density at radius 2 is 2.06 bits per heavy atom. The summed E-state index contributed by atoms with van der Waals surface area (Å²) in [5.74, 6) is -0.938. The number of rotatable bonds is 12. The van der Waals surface area contributed by atoms with Crippen LogP contribution in [0.2, 0.25) is 0 Å². The van der Waals surface area contributed by atoms with Crippen LogP contribution in [0.3, 0.4) is 0 Å². The van der Waals surface area contributed by atoms with Gasteiger partial charge >= 0.3 is 12.1 Å². The Hall–Kier alpha value is -2.58. The first-order chi connectivity index (χ1) is 15.6. The number of carboxylic acid groups (broad SMARTS) is 1. The molecule has 0 heterocycles. The Morgan fingerprint density at radius 1 is 1.30 bits per heavy atom. The van der Waals surface area contributed by atoms with E-state index in [0.29, 0.717) is 25.7 Å². The zero-order valence-electron chi connectivity index (χ0n) is 18.3. The van der Waals surface area contributed by atoms with Crippen molar-refractivity contribution in [1.29, 1.82) is 0 Å². The average molecular weight is 469 g/mol. The highest BCUT2D eigenvalue weighted by Gasteiger charge is 2.38. The van der Waals surface area contributed by atoms with E-state index in [9.17, 15) is 28.2 Å². The van der Waals surface area contributed by atoms with E-state index in [1.165, 1.54) is 18.2 Å². The smallest absolute Gasteiger partial charge is 0.416 e. The highest BCUT2D eigenvalue weighted by Crippen LogP contribution is 2.41. The predicted molar refractivity (Wildman–Crippen MR) is 119 cm³/mol. The minimum Gasteiger partial charge on any atom is -0.491 e. The van der Waals surface area contributed by atoms with Crippen LogP contribution in [0.25, 0.3) is 0 Å². The van der Waals surface area contributed by atoms with Crippen LogP contribution in [0.5, 0.6) is 5.75 Å². The largest absolute Gasteiger partial charge is 0.491 e. The van der Waals surface area contributed by atoms with E-state index in [2.05, 4.69) is 6.58 Å². The second kappa shape index (κ2) is 12.6. The third kappa shape index (κ3) is 8.70. The third-order valence-electron chi connectivity index (χ3n) is 5.77. The van der Waals surface area contributed by atoms with Crippen molar-refractivity contribution >= 4 is 5.97 Å². The Morgan fingerprint density at radius 3 is 2.73 bits per heavy atom. The molecule has 0 amide bonds. The van der Waals surface area contributed by atoms with Gasteiger partial charge in [0.1, 0.15) is 18.5 Å². The van der Waals surface area contributed by atoms with Crippen LogP contribution in [-0.2, 0) is 11.0 Å². The first kappa shape index (κ1) is 26.7. The molecule has 1 aliphatic carbocycles. The molecule has 0 spiro atoms. The quantitative estimate of drug-likeness (QED) is 0.297. The highest BCUT2D eigenvalue weighted by atomic mass is 19.4. The summed E-state index contributed by atoms with van der Waals surface area (Å²) in [6.07, 6.45) is 5.40. The van der Waals surface area contributed by atoms with Crippen molar-refractivity contribution < 1.29 is 38.0 Å². The number of aliphatic carboxylic acids is 1. The van der Waals surface area contributed by atoms with Gasteiger partial charge in [0.15, 0.2) is 0 Å². The van der Waals surface area contributed by atoms with Gasteiger partial charge in [-0.1, -0.05) is 36.4 Å². The minimum absolute atomic E-state index is 0.0171. The lowest BCUT2D eigenvalue weighted by molar-refractivity contribution is -0.138. The number of aliphatic hydroxyl groups is 2. The number of halogens is 3. The molecule has 1 aromatic carbocycles. The summed E-state index contributed by atoms with van der Waals surface area (Å²) in [5.41, 5.74) is -0.822. The van der Waals surface area contributed by atoms with Gasteiger partial charge in [-0.05, 0) is 61.6 Å². The SMILES string of the molecule is C=CC1C[C@H](O)[C@H](C/C=C\CCCC(=O)O)[C@H]1/C=C/[C@@H](O)COc1cccc(C(F)(F)F)c1. The number of allylic oxidation sites excluding steroid dienone is 4. The number of alkyl halides is 3. The van der Waals surface area contributed by atoms with Crippen molar-refractivity contribution in [2.75, 3.05) is 6.61 Å². The van der Waals surface area contributed by atoms with E-state index in [1.807, 2.05) is 18.2 Å². The molecule has 3 N–H and O–H groups in total. The molecule has 1 aliphatic rings. The van der Waals surface area contributed by atoms with Gasteiger partial charge in [0, 0.05) is 6.42 Å². The van der Waals surface area contributed by atoms with Crippen LogP contribution in [0.1, 0.15) is 37.7 Å². The second-order valence-corrected chi connectivity index (χ2v) is 8.23. The van der Waals surface area contributed by atoms with Crippen molar-refractivity contribution in [1.82, 2.24) is 0 Å². The molecule has 0 bridgehead atoms. The monoisotopic (exact) mass is 468 g/mol. The van der Waals surface area contributed by atoms with Gasteiger partial charge in [0.25, 0.3) is 0 Å². The lowest BCUT2D eigenvalue weighted by Gasteiger charge is -2.20. The van der Waals surface area contributed by atoms with Gasteiger partial charge < -0.3 is 20.1 Å². The zero-order chi connectivity index (χ0) is 24.4. The van der Waals surface area contributed by atoms with Crippen molar-refractivity contribution in [3.8, 4) is 5.75 Å². The van der Waals surface area contributed by atoms with E-state index in [4.69, 9.17) is 9.84 Å². The summed E-state index contributed by atoms with van der Waals surface area (Å²) >= 11 is 0. The fraction of sp³-hybridized carbons (Fsp3) is 0.480. The van der Waals surface area contributed by atoms with Crippen LogP contribution in [-0.4, -0.2) is 40.1 Å². The fourth-order valence-corrected chi connectivity index (χ4v) is 4.04. The number of aliphatic hydroxyl groups excluding tert-OH is 2. The van der Waals surface area contributed by atoms with Gasteiger partial charge in [-0.3, -0.25) is 4.79 Å². The number of hydrogen-bond donors (Lipinski definition) is 3. The summed E-state index contributed by atoms with van der Waals surface area (Å²) < 4.78 is 43.7. The van der Waals surface area contributed by atoms with Gasteiger partial charge in [-0.25, -0.2) is 0 Å². The molecule has 33 heavy (non-hydrogen) atoms. The maximum atomic E-state index is 12.8. The van der Waals surface area contributed by atoms with Crippen LogP contribution >= 0.6 is 0 Å². The van der Waals surface area contributed by atoms with Gasteiger partial charge in [0.05, 0.1) is 11.7 Å². The Balaban J connectivity index is 1.92. The average Bonchev–Trinajstić information content (AvgIpc) is 3.07. The van der Waals surface area contributed by atoms with Gasteiger partial charge in [-0.15, -0.1) is 6.58 Å². The first-order valence-corrected chi connectivity index (χ1v) is 11.0. The van der Waals surface area contributed by atoms with Crippen molar-refractivity contribution in [2.45, 2.75) is 50.5 Å². The van der Waals surface area contributed by atoms with Gasteiger partial charge in [-0.2, -0.15) is 13.2 Å². The lowest BCUT2D eigenvalue weighted by atomic mass is 9.86. The molecule has 1 fully saturated rings. The summed E-state index contributed by atoms with van der Waals surface area (Å²) in [6, 6.07) is 4.47. The highest BCUT2D eigenvalue weighted by molar-refractivity contribution is 5.66. The molecular weight excluding hydrogens is 437 g/mol. The Kier molecular flexibility index (Phi) is 10.2. The van der Waals surface area contributed by atoms with Crippen LogP contribution in [0.15, 0.2) is 61.2 Å². The van der Waals surface area contributed by atoms with E-state index in [1.54, 1.807) is 6.08 Å². The number of benzene rings is 1. The van der Waals surface area contributed by atoms with E-state index >= 15 is 0 Å². The first-order valence-electron chi connectivity index (χ1n) is 11.0. The van der Waals surface area contributed by atoms with Crippen molar-refractivity contribution in [3.05, 3.63) is 66.8 Å². The zero-order valence-corrected chi connectivity index (χ0v) is 18.3. The summed E-state index contributed by atoms with van der Waals surface area (Å²) in [7, 11) is 0. The summed E-state index contributed by atoms with van der Waals surface area (Å²) in [4.78, 5) is 10.6. The minimum atomic E-state index is -4.47. The molecule has 0 saturated heterocycles. The third-order valence-corrected chi connectivity index (χ3v) is 5.77. The van der Waals surface area contributed by atoms with Gasteiger partial charge in [0.2, 0.25) is 0 Å². The normalized spacial score (nSPS) is 24.4.